The van der Waals surface area contributed by atoms with Crippen LogP contribution < -0.4 is 10.1 Å². The fraction of sp³-hybridized carbons (Fsp3) is 0.292. The van der Waals surface area contributed by atoms with Crippen molar-refractivity contribution in [2.45, 2.75) is 25.3 Å². The molecule has 3 aromatic rings. The molecule has 166 valence electrons. The zero-order valence-corrected chi connectivity index (χ0v) is 18.2. The van der Waals surface area contributed by atoms with Crippen LogP contribution in [0.15, 0.2) is 48.5 Å². The van der Waals surface area contributed by atoms with Gasteiger partial charge in [0.25, 0.3) is 0 Å². The topological polar surface area (TPSA) is 103 Å². The van der Waals surface area contributed by atoms with Gasteiger partial charge in [-0.3, -0.25) is 4.79 Å². The van der Waals surface area contributed by atoms with Gasteiger partial charge in [0, 0.05) is 13.0 Å². The van der Waals surface area contributed by atoms with Crippen LogP contribution in [0.4, 0.5) is 4.79 Å². The summed E-state index contributed by atoms with van der Waals surface area (Å²) in [6.07, 6.45) is -1.02. The SMILES string of the molecule is COc1c([C@H](CC(=O)O)NC(=O)OCC2c3ccccc3-c3ccccc32)c(C)nn1C. The van der Waals surface area contributed by atoms with Crippen molar-refractivity contribution in [3.8, 4) is 17.0 Å². The van der Waals surface area contributed by atoms with Crippen molar-refractivity contribution in [1.82, 2.24) is 15.1 Å². The number of carbonyl (C=O) groups excluding carboxylic acids is 1. The van der Waals surface area contributed by atoms with E-state index in [0.29, 0.717) is 17.1 Å². The van der Waals surface area contributed by atoms with E-state index < -0.39 is 18.1 Å². The number of benzene rings is 2. The van der Waals surface area contributed by atoms with Crippen LogP contribution in [-0.2, 0) is 16.6 Å². The second-order valence-corrected chi connectivity index (χ2v) is 7.75. The highest BCUT2D eigenvalue weighted by atomic mass is 16.5. The molecular formula is C24H25N3O5. The lowest BCUT2D eigenvalue weighted by atomic mass is 9.98. The van der Waals surface area contributed by atoms with Crippen molar-refractivity contribution in [3.63, 3.8) is 0 Å². The fourth-order valence-electron chi connectivity index (χ4n) is 4.48. The quantitative estimate of drug-likeness (QED) is 0.585. The first-order chi connectivity index (χ1) is 15.4. The largest absolute Gasteiger partial charge is 0.481 e. The van der Waals surface area contributed by atoms with Gasteiger partial charge in [-0.25, -0.2) is 9.48 Å². The molecule has 4 rings (SSSR count). The number of hydrogen-bond acceptors (Lipinski definition) is 5. The van der Waals surface area contributed by atoms with Gasteiger partial charge in [-0.2, -0.15) is 5.10 Å². The zero-order chi connectivity index (χ0) is 22.8. The number of fused-ring (bicyclic) bond motifs is 3. The van der Waals surface area contributed by atoms with Crippen LogP contribution in [0.3, 0.4) is 0 Å². The third kappa shape index (κ3) is 3.91. The second kappa shape index (κ2) is 8.74. The first-order valence-electron chi connectivity index (χ1n) is 10.3. The summed E-state index contributed by atoms with van der Waals surface area (Å²) in [5, 5.41) is 16.4. The lowest BCUT2D eigenvalue weighted by molar-refractivity contribution is -0.137. The molecule has 0 unspecified atom stereocenters. The van der Waals surface area contributed by atoms with E-state index in [2.05, 4.69) is 22.5 Å². The van der Waals surface area contributed by atoms with E-state index in [1.807, 2.05) is 36.4 Å². The number of carboxylic acids is 1. The molecule has 1 heterocycles. The Kier molecular flexibility index (Phi) is 5.85. The van der Waals surface area contributed by atoms with Gasteiger partial charge in [-0.1, -0.05) is 48.5 Å². The number of aliphatic carboxylic acids is 1. The van der Waals surface area contributed by atoms with Gasteiger partial charge in [0.05, 0.1) is 30.8 Å². The summed E-state index contributed by atoms with van der Waals surface area (Å²) in [4.78, 5) is 24.2. The number of aryl methyl sites for hydroxylation is 2. The Morgan fingerprint density at radius 1 is 1.12 bits per heavy atom. The van der Waals surface area contributed by atoms with Crippen molar-refractivity contribution >= 4 is 12.1 Å². The monoisotopic (exact) mass is 435 g/mol. The number of nitrogens with one attached hydrogen (secondary N) is 1. The van der Waals surface area contributed by atoms with Crippen molar-refractivity contribution in [3.05, 3.63) is 70.9 Å². The Hall–Kier alpha value is -3.81. The van der Waals surface area contributed by atoms with E-state index in [9.17, 15) is 14.7 Å². The van der Waals surface area contributed by atoms with Gasteiger partial charge in [0.2, 0.25) is 5.88 Å². The maximum atomic E-state index is 12.7. The molecule has 0 spiro atoms. The van der Waals surface area contributed by atoms with E-state index in [-0.39, 0.29) is 18.9 Å². The van der Waals surface area contributed by atoms with Crippen LogP contribution in [-0.4, -0.2) is 40.7 Å². The normalized spacial score (nSPS) is 13.2. The van der Waals surface area contributed by atoms with Crippen molar-refractivity contribution in [2.24, 2.45) is 7.05 Å². The molecular weight excluding hydrogens is 410 g/mol. The summed E-state index contributed by atoms with van der Waals surface area (Å²) in [7, 11) is 3.17. The van der Waals surface area contributed by atoms with E-state index >= 15 is 0 Å². The maximum Gasteiger partial charge on any atom is 0.407 e. The number of alkyl carbamates (subject to hydrolysis) is 1. The minimum Gasteiger partial charge on any atom is -0.481 e. The molecule has 1 amide bonds. The minimum atomic E-state index is -1.06. The molecule has 1 atom stereocenters. The Morgan fingerprint density at radius 3 is 2.28 bits per heavy atom. The Balaban J connectivity index is 1.52. The number of hydrogen-bond donors (Lipinski definition) is 2. The third-order valence-corrected chi connectivity index (χ3v) is 5.77. The fourth-order valence-corrected chi connectivity index (χ4v) is 4.48. The van der Waals surface area contributed by atoms with Gasteiger partial charge in [0.1, 0.15) is 6.61 Å². The van der Waals surface area contributed by atoms with Crippen LogP contribution >= 0.6 is 0 Å². The summed E-state index contributed by atoms with van der Waals surface area (Å²) in [5.41, 5.74) is 5.58. The predicted molar refractivity (Wildman–Crippen MR) is 118 cm³/mol. The Labute approximate surface area is 185 Å². The number of aromatic nitrogens is 2. The number of ether oxygens (including phenoxy) is 2. The number of amides is 1. The van der Waals surface area contributed by atoms with Crippen LogP contribution in [0.2, 0.25) is 0 Å². The van der Waals surface area contributed by atoms with E-state index in [0.717, 1.165) is 22.3 Å². The molecule has 0 saturated heterocycles. The first-order valence-corrected chi connectivity index (χ1v) is 10.3. The summed E-state index contributed by atoms with van der Waals surface area (Å²) >= 11 is 0. The number of carboxylic acid groups (broad SMARTS) is 1. The number of methoxy groups -OCH3 is 1. The van der Waals surface area contributed by atoms with Gasteiger partial charge < -0.3 is 19.9 Å². The number of nitrogens with zero attached hydrogens (tertiary/aromatic N) is 2. The van der Waals surface area contributed by atoms with Gasteiger partial charge in [0.15, 0.2) is 0 Å². The summed E-state index contributed by atoms with van der Waals surface area (Å²) in [5.74, 6) is -0.743. The molecule has 2 N–H and O–H groups in total. The van der Waals surface area contributed by atoms with Crippen molar-refractivity contribution in [1.29, 1.82) is 0 Å². The number of carbonyl (C=O) groups is 2. The first kappa shape index (κ1) is 21.4. The molecule has 0 aliphatic heterocycles. The van der Waals surface area contributed by atoms with Crippen molar-refractivity contribution in [2.75, 3.05) is 13.7 Å². The standard InChI is InChI=1S/C24H25N3O5/c1-14-22(23(31-3)27(2)26-14)20(12-21(28)29)25-24(30)32-13-19-17-10-6-4-8-15(17)16-9-5-7-11-18(16)19/h4-11,19-20H,12-13H2,1-3H3,(H,25,30)(H,28,29)/t20-/m0/s1. The highest BCUT2D eigenvalue weighted by molar-refractivity contribution is 5.79. The van der Waals surface area contributed by atoms with Crippen LogP contribution in [0.5, 0.6) is 5.88 Å². The predicted octanol–water partition coefficient (Wildman–Crippen LogP) is 3.79. The molecule has 0 fully saturated rings. The van der Waals surface area contributed by atoms with Gasteiger partial charge in [-0.15, -0.1) is 0 Å². The van der Waals surface area contributed by atoms with Crippen LogP contribution in [0.1, 0.15) is 40.8 Å². The lowest BCUT2D eigenvalue weighted by Crippen LogP contribution is -2.32. The van der Waals surface area contributed by atoms with Crippen LogP contribution in [0.25, 0.3) is 11.1 Å². The minimum absolute atomic E-state index is 0.0827. The average molecular weight is 435 g/mol. The second-order valence-electron chi connectivity index (χ2n) is 7.75. The molecule has 1 aliphatic carbocycles. The molecule has 0 radical (unpaired) electrons. The van der Waals surface area contributed by atoms with Gasteiger partial charge >= 0.3 is 12.1 Å². The van der Waals surface area contributed by atoms with Gasteiger partial charge in [-0.05, 0) is 29.2 Å². The molecule has 2 aromatic carbocycles. The summed E-state index contributed by atoms with van der Waals surface area (Å²) < 4.78 is 12.5. The Morgan fingerprint density at radius 2 is 1.72 bits per heavy atom. The summed E-state index contributed by atoms with van der Waals surface area (Å²) in [6, 6.07) is 15.3. The molecule has 32 heavy (non-hydrogen) atoms. The van der Waals surface area contributed by atoms with E-state index in [1.165, 1.54) is 11.8 Å². The molecule has 1 aliphatic rings. The van der Waals surface area contributed by atoms with Crippen molar-refractivity contribution < 1.29 is 24.2 Å². The molecule has 0 saturated carbocycles. The number of rotatable bonds is 7. The average Bonchev–Trinajstić information content (AvgIpc) is 3.24. The molecule has 8 heteroatoms. The summed E-state index contributed by atoms with van der Waals surface area (Å²) in [6.45, 7) is 1.88. The highest BCUT2D eigenvalue weighted by Crippen LogP contribution is 2.44. The maximum absolute atomic E-state index is 12.7. The Bertz CT molecular complexity index is 1120. The molecule has 0 bridgehead atoms. The zero-order valence-electron chi connectivity index (χ0n) is 18.2. The van der Waals surface area contributed by atoms with Crippen LogP contribution in [0, 0.1) is 6.92 Å². The van der Waals surface area contributed by atoms with E-state index in [4.69, 9.17) is 9.47 Å². The third-order valence-electron chi connectivity index (χ3n) is 5.77. The molecule has 1 aromatic heterocycles. The van der Waals surface area contributed by atoms with E-state index in [1.54, 1.807) is 14.0 Å². The lowest BCUT2D eigenvalue weighted by Gasteiger charge is -2.19. The smallest absolute Gasteiger partial charge is 0.407 e. The molecule has 8 nitrogen and oxygen atoms in total. The highest BCUT2D eigenvalue weighted by Gasteiger charge is 2.31.